The van der Waals surface area contributed by atoms with Crippen LogP contribution in [0.1, 0.15) is 155 Å². The fourth-order valence-electron chi connectivity index (χ4n) is 5.17. The molecule has 0 spiro atoms. The number of phosphoric ester groups is 1. The third-order valence-electron chi connectivity index (χ3n) is 8.49. The Bertz CT molecular complexity index is 1140. The highest BCUT2D eigenvalue weighted by Crippen LogP contribution is 2.43. The van der Waals surface area contributed by atoms with Crippen LogP contribution in [-0.4, -0.2) is 68.3 Å². The summed E-state index contributed by atoms with van der Waals surface area (Å²) in [6.07, 6.45) is 46.6. The van der Waals surface area contributed by atoms with Crippen molar-refractivity contribution in [1.82, 2.24) is 4.90 Å². The van der Waals surface area contributed by atoms with E-state index < -0.39 is 32.5 Å². The van der Waals surface area contributed by atoms with Crippen LogP contribution in [0.15, 0.2) is 72.9 Å². The average Bonchev–Trinajstić information content (AvgIpc) is 3.15. The van der Waals surface area contributed by atoms with E-state index in [9.17, 15) is 19.0 Å². The second kappa shape index (κ2) is 39.7. The first-order valence-electron chi connectivity index (χ1n) is 21.2. The second-order valence-electron chi connectivity index (χ2n) is 14.2. The van der Waals surface area contributed by atoms with E-state index in [1.54, 1.807) is 4.90 Å². The standard InChI is InChI=1S/C45H78NO8P/c1-5-7-9-11-13-15-17-19-21-22-24-25-27-29-31-33-35-37-44(47)51-41-43(42-53-55(49,50)52-40-39-46(3)4)54-45(48)38-36-34-32-30-28-26-23-20-18-16-14-12-10-8-6-2/h13-16,19-21,23-25,28,30,43H,5-12,17-18,22,26-27,29,31-42H2,1-4H3,(H,49,50)/b15-13-,16-14-,21-19-,23-20-,25-24-,30-28-. The van der Waals surface area contributed by atoms with E-state index in [4.69, 9.17) is 18.5 Å². The molecule has 0 heterocycles. The van der Waals surface area contributed by atoms with Crippen LogP contribution in [0.25, 0.3) is 0 Å². The van der Waals surface area contributed by atoms with Crippen LogP contribution in [0.3, 0.4) is 0 Å². The number of phosphoric acid groups is 1. The Morgan fingerprint density at radius 3 is 1.47 bits per heavy atom. The molecule has 0 aliphatic rings. The van der Waals surface area contributed by atoms with E-state index in [0.29, 0.717) is 19.4 Å². The lowest BCUT2D eigenvalue weighted by atomic mass is 10.1. The van der Waals surface area contributed by atoms with Crippen LogP contribution >= 0.6 is 7.82 Å². The highest BCUT2D eigenvalue weighted by molar-refractivity contribution is 7.47. The molecule has 9 nitrogen and oxygen atoms in total. The van der Waals surface area contributed by atoms with Crippen molar-refractivity contribution in [2.75, 3.05) is 40.5 Å². The number of hydrogen-bond donors (Lipinski definition) is 1. The van der Waals surface area contributed by atoms with Crippen molar-refractivity contribution < 1.29 is 37.6 Å². The Balaban J connectivity index is 4.43. The fourth-order valence-corrected chi connectivity index (χ4v) is 5.91. The molecule has 0 aromatic rings. The summed E-state index contributed by atoms with van der Waals surface area (Å²) in [4.78, 5) is 37.0. The topological polar surface area (TPSA) is 112 Å². The second-order valence-corrected chi connectivity index (χ2v) is 15.6. The quantitative estimate of drug-likeness (QED) is 0.0283. The van der Waals surface area contributed by atoms with Crippen molar-refractivity contribution in [3.05, 3.63) is 72.9 Å². The molecule has 0 bridgehead atoms. The number of likely N-dealkylation sites (N-methyl/N-ethyl adjacent to an activating group) is 1. The normalized spacial score (nSPS) is 14.1. The fraction of sp³-hybridized carbons (Fsp3) is 0.689. The monoisotopic (exact) mass is 792 g/mol. The molecule has 0 saturated carbocycles. The van der Waals surface area contributed by atoms with Crippen LogP contribution in [-0.2, 0) is 32.7 Å². The van der Waals surface area contributed by atoms with Crippen molar-refractivity contribution in [2.24, 2.45) is 0 Å². The van der Waals surface area contributed by atoms with Gasteiger partial charge in [-0.05, 0) is 104 Å². The van der Waals surface area contributed by atoms with Gasteiger partial charge in [-0.3, -0.25) is 18.6 Å². The molecule has 55 heavy (non-hydrogen) atoms. The van der Waals surface area contributed by atoms with Crippen molar-refractivity contribution in [3.63, 3.8) is 0 Å². The summed E-state index contributed by atoms with van der Waals surface area (Å²) in [5.74, 6) is -0.880. The van der Waals surface area contributed by atoms with Crippen LogP contribution < -0.4 is 0 Å². The van der Waals surface area contributed by atoms with Crippen molar-refractivity contribution in [3.8, 4) is 0 Å². The van der Waals surface area contributed by atoms with Gasteiger partial charge in [-0.15, -0.1) is 0 Å². The van der Waals surface area contributed by atoms with Crippen LogP contribution in [0, 0.1) is 0 Å². The SMILES string of the molecule is CCCCC/C=C\C/C=C\C/C=C\CCCCCCC(=O)OCC(COP(=O)(O)OCCN(C)C)OC(=O)CCCC/C=C\C/C=C\C/C=C\CCCCC. The molecule has 316 valence electrons. The molecule has 0 aliphatic heterocycles. The first-order valence-corrected chi connectivity index (χ1v) is 22.7. The summed E-state index contributed by atoms with van der Waals surface area (Å²) in [7, 11) is -0.751. The molecule has 0 aromatic carbocycles. The summed E-state index contributed by atoms with van der Waals surface area (Å²) < 4.78 is 33.4. The number of unbranched alkanes of at least 4 members (excludes halogenated alkanes) is 12. The molecule has 10 heteroatoms. The van der Waals surface area contributed by atoms with Crippen LogP contribution in [0.2, 0.25) is 0 Å². The van der Waals surface area contributed by atoms with Gasteiger partial charge in [-0.2, -0.15) is 0 Å². The number of nitrogens with zero attached hydrogens (tertiary/aromatic N) is 1. The Kier molecular flexibility index (Phi) is 37.8. The molecule has 0 saturated heterocycles. The third-order valence-corrected chi connectivity index (χ3v) is 9.47. The first kappa shape index (κ1) is 52.5. The zero-order chi connectivity index (χ0) is 40.5. The smallest absolute Gasteiger partial charge is 0.462 e. The van der Waals surface area contributed by atoms with Gasteiger partial charge in [0, 0.05) is 19.4 Å². The first-order chi connectivity index (χ1) is 26.7. The minimum atomic E-state index is -4.38. The Morgan fingerprint density at radius 1 is 0.564 bits per heavy atom. The number of esters is 2. The predicted octanol–water partition coefficient (Wildman–Crippen LogP) is 12.1. The zero-order valence-electron chi connectivity index (χ0n) is 35.1. The number of carbonyl (C=O) groups is 2. The largest absolute Gasteiger partial charge is 0.472 e. The van der Waals surface area contributed by atoms with Gasteiger partial charge in [0.25, 0.3) is 0 Å². The van der Waals surface area contributed by atoms with Gasteiger partial charge in [0.15, 0.2) is 6.10 Å². The Labute approximate surface area is 336 Å². The molecule has 2 atom stereocenters. The molecule has 0 fully saturated rings. The molecule has 0 amide bonds. The molecule has 2 unspecified atom stereocenters. The molecule has 0 rings (SSSR count). The van der Waals surface area contributed by atoms with Gasteiger partial charge >= 0.3 is 19.8 Å². The van der Waals surface area contributed by atoms with E-state index in [2.05, 4.69) is 86.8 Å². The van der Waals surface area contributed by atoms with Gasteiger partial charge < -0.3 is 19.3 Å². The van der Waals surface area contributed by atoms with Gasteiger partial charge in [-0.1, -0.05) is 125 Å². The number of rotatable bonds is 38. The Hall–Kier alpha value is -2.55. The summed E-state index contributed by atoms with van der Waals surface area (Å²) in [6, 6.07) is 0. The molecule has 0 aliphatic carbocycles. The van der Waals surface area contributed by atoms with Crippen molar-refractivity contribution >= 4 is 19.8 Å². The van der Waals surface area contributed by atoms with Gasteiger partial charge in [0.05, 0.1) is 13.2 Å². The zero-order valence-corrected chi connectivity index (χ0v) is 36.0. The van der Waals surface area contributed by atoms with Gasteiger partial charge in [0.2, 0.25) is 0 Å². The maximum Gasteiger partial charge on any atom is 0.472 e. The van der Waals surface area contributed by atoms with Crippen molar-refractivity contribution in [1.29, 1.82) is 0 Å². The number of hydrogen-bond acceptors (Lipinski definition) is 8. The minimum Gasteiger partial charge on any atom is -0.462 e. The summed E-state index contributed by atoms with van der Waals surface area (Å²) in [5.41, 5.74) is 0. The highest BCUT2D eigenvalue weighted by Gasteiger charge is 2.26. The van der Waals surface area contributed by atoms with Gasteiger partial charge in [0.1, 0.15) is 6.61 Å². The maximum atomic E-state index is 12.6. The number of allylic oxidation sites excluding steroid dienone is 12. The lowest BCUT2D eigenvalue weighted by Gasteiger charge is -2.20. The maximum absolute atomic E-state index is 12.6. The average molecular weight is 792 g/mol. The van der Waals surface area contributed by atoms with Crippen molar-refractivity contribution in [2.45, 2.75) is 161 Å². The third kappa shape index (κ3) is 40.9. The summed E-state index contributed by atoms with van der Waals surface area (Å²) in [6.45, 7) is 4.17. The van der Waals surface area contributed by atoms with Crippen LogP contribution in [0.4, 0.5) is 0 Å². The summed E-state index contributed by atoms with van der Waals surface area (Å²) in [5, 5.41) is 0. The summed E-state index contributed by atoms with van der Waals surface area (Å²) >= 11 is 0. The van der Waals surface area contributed by atoms with E-state index in [0.717, 1.165) is 70.6 Å². The van der Waals surface area contributed by atoms with Crippen LogP contribution in [0.5, 0.6) is 0 Å². The number of ether oxygens (including phenoxy) is 2. The lowest BCUT2D eigenvalue weighted by Crippen LogP contribution is -2.29. The molecule has 1 N–H and O–H groups in total. The lowest BCUT2D eigenvalue weighted by molar-refractivity contribution is -0.161. The minimum absolute atomic E-state index is 0.00746. The molecular weight excluding hydrogens is 713 g/mol. The Morgan fingerprint density at radius 2 is 0.982 bits per heavy atom. The van der Waals surface area contributed by atoms with Gasteiger partial charge in [-0.25, -0.2) is 4.57 Å². The van der Waals surface area contributed by atoms with E-state index in [1.165, 1.54) is 44.9 Å². The van der Waals surface area contributed by atoms with E-state index in [-0.39, 0.29) is 26.1 Å². The predicted molar refractivity (Wildman–Crippen MR) is 229 cm³/mol. The highest BCUT2D eigenvalue weighted by atomic mass is 31.2. The van der Waals surface area contributed by atoms with E-state index in [1.807, 2.05) is 14.1 Å². The number of carbonyl (C=O) groups excluding carboxylic acids is 2. The molecular formula is C45H78NO8P. The van der Waals surface area contributed by atoms with E-state index >= 15 is 0 Å². The molecule has 0 aromatic heterocycles. The molecule has 0 radical (unpaired) electrons.